The molecule has 2 amide bonds. The van der Waals surface area contributed by atoms with E-state index in [-0.39, 0.29) is 18.4 Å². The molecular weight excluding hydrogens is 368 g/mol. The van der Waals surface area contributed by atoms with Crippen LogP contribution in [0.3, 0.4) is 0 Å². The van der Waals surface area contributed by atoms with Crippen LogP contribution in [0.25, 0.3) is 0 Å². The number of hydrogen-bond acceptors (Lipinski definition) is 4. The fourth-order valence-corrected chi connectivity index (χ4v) is 2.76. The van der Waals surface area contributed by atoms with E-state index in [1.807, 2.05) is 44.2 Å². The van der Waals surface area contributed by atoms with Gasteiger partial charge in [-0.05, 0) is 44.0 Å². The van der Waals surface area contributed by atoms with Gasteiger partial charge in [0.15, 0.2) is 6.61 Å². The van der Waals surface area contributed by atoms with Crippen molar-refractivity contribution < 1.29 is 14.4 Å². The SMILES string of the molecule is CCN(CC)C(=O)c1cccc(NC(=O)CO/N=C(\N)CCc2ccccc2)c1. The van der Waals surface area contributed by atoms with E-state index in [1.54, 1.807) is 29.2 Å². The first-order chi connectivity index (χ1) is 14.0. The number of aryl methyl sites for hydroxylation is 1. The molecule has 0 aliphatic carbocycles. The second kappa shape index (κ2) is 11.5. The third kappa shape index (κ3) is 7.29. The minimum Gasteiger partial charge on any atom is -0.384 e. The highest BCUT2D eigenvalue weighted by molar-refractivity contribution is 5.97. The van der Waals surface area contributed by atoms with Crippen molar-refractivity contribution in [3.8, 4) is 0 Å². The van der Waals surface area contributed by atoms with Gasteiger partial charge >= 0.3 is 0 Å². The molecule has 0 bridgehead atoms. The van der Waals surface area contributed by atoms with Gasteiger partial charge in [0.1, 0.15) is 5.84 Å². The number of hydrogen-bond donors (Lipinski definition) is 2. The summed E-state index contributed by atoms with van der Waals surface area (Å²) in [6.45, 7) is 4.85. The maximum atomic E-state index is 12.4. The Balaban J connectivity index is 1.81. The van der Waals surface area contributed by atoms with Gasteiger partial charge in [-0.15, -0.1) is 0 Å². The number of amidine groups is 1. The van der Waals surface area contributed by atoms with Gasteiger partial charge in [0.2, 0.25) is 0 Å². The number of carbonyl (C=O) groups excluding carboxylic acids is 2. The Labute approximate surface area is 171 Å². The molecule has 0 radical (unpaired) electrons. The molecule has 0 saturated heterocycles. The van der Waals surface area contributed by atoms with Crippen LogP contribution in [0.15, 0.2) is 59.8 Å². The number of carbonyl (C=O) groups is 2. The summed E-state index contributed by atoms with van der Waals surface area (Å²) in [5, 5.41) is 6.48. The third-order valence-corrected chi connectivity index (χ3v) is 4.33. The van der Waals surface area contributed by atoms with Gasteiger partial charge in [-0.25, -0.2) is 0 Å². The van der Waals surface area contributed by atoms with Crippen LogP contribution in [0.4, 0.5) is 5.69 Å². The number of nitrogens with two attached hydrogens (primary N) is 1. The number of nitrogens with zero attached hydrogens (tertiary/aromatic N) is 2. The lowest BCUT2D eigenvalue weighted by molar-refractivity contribution is -0.120. The predicted octanol–water partition coefficient (Wildman–Crippen LogP) is 3.03. The first-order valence-corrected chi connectivity index (χ1v) is 9.70. The van der Waals surface area contributed by atoms with Crippen molar-refractivity contribution in [2.24, 2.45) is 10.9 Å². The summed E-state index contributed by atoms with van der Waals surface area (Å²) in [6.07, 6.45) is 1.29. The topological polar surface area (TPSA) is 97.0 Å². The molecule has 7 nitrogen and oxygen atoms in total. The molecule has 0 heterocycles. The largest absolute Gasteiger partial charge is 0.384 e. The highest BCUT2D eigenvalue weighted by Crippen LogP contribution is 2.13. The van der Waals surface area contributed by atoms with E-state index in [1.165, 1.54) is 0 Å². The Bertz CT molecular complexity index is 833. The van der Waals surface area contributed by atoms with E-state index in [4.69, 9.17) is 10.6 Å². The number of anilines is 1. The summed E-state index contributed by atoms with van der Waals surface area (Å²) in [5.74, 6) is -0.122. The lowest BCUT2D eigenvalue weighted by Crippen LogP contribution is -2.30. The summed E-state index contributed by atoms with van der Waals surface area (Å²) < 4.78 is 0. The van der Waals surface area contributed by atoms with Crippen LogP contribution in [0, 0.1) is 0 Å². The Morgan fingerprint density at radius 2 is 1.79 bits per heavy atom. The molecule has 7 heteroatoms. The first-order valence-electron chi connectivity index (χ1n) is 9.70. The molecule has 0 fully saturated rings. The molecule has 29 heavy (non-hydrogen) atoms. The van der Waals surface area contributed by atoms with Gasteiger partial charge in [0.05, 0.1) is 0 Å². The average Bonchev–Trinajstić information content (AvgIpc) is 2.74. The zero-order chi connectivity index (χ0) is 21.1. The molecular formula is C22H28N4O3. The van der Waals surface area contributed by atoms with E-state index in [0.29, 0.717) is 36.6 Å². The Hall–Kier alpha value is -3.35. The van der Waals surface area contributed by atoms with Crippen molar-refractivity contribution in [2.75, 3.05) is 25.0 Å². The Kier molecular flexibility index (Phi) is 8.69. The second-order valence-corrected chi connectivity index (χ2v) is 6.45. The average molecular weight is 396 g/mol. The van der Waals surface area contributed by atoms with Crippen LogP contribution in [0.5, 0.6) is 0 Å². The molecule has 0 aliphatic heterocycles. The lowest BCUT2D eigenvalue weighted by atomic mass is 10.1. The minimum atomic E-state index is -0.378. The van der Waals surface area contributed by atoms with Crippen LogP contribution in [-0.4, -0.2) is 42.2 Å². The van der Waals surface area contributed by atoms with Crippen molar-refractivity contribution in [3.63, 3.8) is 0 Å². The van der Waals surface area contributed by atoms with Gasteiger partial charge in [0, 0.05) is 30.8 Å². The van der Waals surface area contributed by atoms with Crippen molar-refractivity contribution in [3.05, 3.63) is 65.7 Å². The van der Waals surface area contributed by atoms with Crippen molar-refractivity contribution in [1.82, 2.24) is 4.90 Å². The molecule has 3 N–H and O–H groups in total. The highest BCUT2D eigenvalue weighted by Gasteiger charge is 2.13. The zero-order valence-corrected chi connectivity index (χ0v) is 16.9. The molecule has 0 spiro atoms. The fraction of sp³-hybridized carbons (Fsp3) is 0.318. The maximum absolute atomic E-state index is 12.4. The predicted molar refractivity (Wildman–Crippen MR) is 115 cm³/mol. The van der Waals surface area contributed by atoms with E-state index in [9.17, 15) is 9.59 Å². The van der Waals surface area contributed by atoms with Crippen LogP contribution in [0.1, 0.15) is 36.2 Å². The number of rotatable bonds is 10. The minimum absolute atomic E-state index is 0.0712. The zero-order valence-electron chi connectivity index (χ0n) is 16.9. The summed E-state index contributed by atoms with van der Waals surface area (Å²) in [6, 6.07) is 16.7. The Morgan fingerprint density at radius 1 is 1.07 bits per heavy atom. The Morgan fingerprint density at radius 3 is 2.48 bits per heavy atom. The molecule has 0 aliphatic rings. The summed E-state index contributed by atoms with van der Waals surface area (Å²) in [4.78, 5) is 31.2. The van der Waals surface area contributed by atoms with Crippen LogP contribution >= 0.6 is 0 Å². The monoisotopic (exact) mass is 396 g/mol. The lowest BCUT2D eigenvalue weighted by Gasteiger charge is -2.19. The summed E-state index contributed by atoms with van der Waals surface area (Å²) >= 11 is 0. The molecule has 154 valence electrons. The fourth-order valence-electron chi connectivity index (χ4n) is 2.76. The highest BCUT2D eigenvalue weighted by atomic mass is 16.6. The van der Waals surface area contributed by atoms with Gasteiger partial charge in [-0.2, -0.15) is 0 Å². The van der Waals surface area contributed by atoms with Crippen LogP contribution in [-0.2, 0) is 16.1 Å². The molecule has 2 aromatic carbocycles. The van der Waals surface area contributed by atoms with Gasteiger partial charge in [0.25, 0.3) is 11.8 Å². The van der Waals surface area contributed by atoms with Crippen molar-refractivity contribution in [2.45, 2.75) is 26.7 Å². The number of amides is 2. The molecule has 0 atom stereocenters. The van der Waals surface area contributed by atoms with Crippen molar-refractivity contribution >= 4 is 23.3 Å². The normalized spacial score (nSPS) is 11.0. The molecule has 0 unspecified atom stereocenters. The smallest absolute Gasteiger partial charge is 0.265 e. The second-order valence-electron chi connectivity index (χ2n) is 6.45. The van der Waals surface area contributed by atoms with E-state index in [2.05, 4.69) is 10.5 Å². The molecule has 0 saturated carbocycles. The summed E-state index contributed by atoms with van der Waals surface area (Å²) in [7, 11) is 0. The number of nitrogens with one attached hydrogen (secondary N) is 1. The van der Waals surface area contributed by atoms with E-state index >= 15 is 0 Å². The number of oxime groups is 1. The molecule has 2 aromatic rings. The van der Waals surface area contributed by atoms with Gasteiger partial charge in [-0.1, -0.05) is 41.6 Å². The van der Waals surface area contributed by atoms with E-state index in [0.717, 1.165) is 12.0 Å². The van der Waals surface area contributed by atoms with Gasteiger partial charge in [-0.3, -0.25) is 9.59 Å². The van der Waals surface area contributed by atoms with E-state index < -0.39 is 0 Å². The first kappa shape index (κ1) is 21.9. The van der Waals surface area contributed by atoms with Crippen molar-refractivity contribution in [1.29, 1.82) is 0 Å². The molecule has 2 rings (SSSR count). The quantitative estimate of drug-likeness (QED) is 0.366. The van der Waals surface area contributed by atoms with Crippen LogP contribution in [0.2, 0.25) is 0 Å². The third-order valence-electron chi connectivity index (χ3n) is 4.33. The van der Waals surface area contributed by atoms with Crippen LogP contribution < -0.4 is 11.1 Å². The standard InChI is InChI=1S/C22H28N4O3/c1-3-26(4-2)22(28)18-11-8-12-19(15-18)24-21(27)16-29-25-20(23)14-13-17-9-6-5-7-10-17/h5-12,15H,3-4,13-14,16H2,1-2H3,(H2,23,25)(H,24,27). The molecule has 0 aromatic heterocycles. The van der Waals surface area contributed by atoms with Gasteiger partial charge < -0.3 is 20.8 Å². The maximum Gasteiger partial charge on any atom is 0.265 e. The number of benzene rings is 2. The summed E-state index contributed by atoms with van der Waals surface area (Å²) in [5.41, 5.74) is 8.02.